The molecule has 0 amide bonds. The summed E-state index contributed by atoms with van der Waals surface area (Å²) in [6, 6.07) is 0. The Morgan fingerprint density at radius 2 is 1.93 bits per heavy atom. The molecule has 90 valence electrons. The highest BCUT2D eigenvalue weighted by atomic mass is 32.2. The highest BCUT2D eigenvalue weighted by Gasteiger charge is 2.31. The van der Waals surface area contributed by atoms with Gasteiger partial charge < -0.3 is 5.73 Å². The lowest BCUT2D eigenvalue weighted by Gasteiger charge is -2.33. The van der Waals surface area contributed by atoms with Gasteiger partial charge in [0.1, 0.15) is 5.75 Å². The molecule has 0 unspecified atom stereocenters. The third kappa shape index (κ3) is 3.83. The number of allylic oxidation sites excluding steroid dienone is 1. The molecule has 0 rings (SSSR count). The van der Waals surface area contributed by atoms with Gasteiger partial charge in [-0.2, -0.15) is 4.31 Å². The summed E-state index contributed by atoms with van der Waals surface area (Å²) in [4.78, 5) is 0. The first-order valence-corrected chi connectivity index (χ1v) is 6.65. The van der Waals surface area contributed by atoms with Crippen LogP contribution in [0, 0.1) is 0 Å². The van der Waals surface area contributed by atoms with E-state index in [4.69, 9.17) is 5.73 Å². The van der Waals surface area contributed by atoms with Crippen LogP contribution < -0.4 is 5.73 Å². The minimum Gasteiger partial charge on any atom is -0.401 e. The summed E-state index contributed by atoms with van der Waals surface area (Å²) in [6.45, 7) is 7.49. The molecule has 0 atom stereocenters. The smallest absolute Gasteiger partial charge is 0.219 e. The number of nitrogens with two attached hydrogens (primary N) is 1. The molecular weight excluding hydrogens is 212 g/mol. The Morgan fingerprint density at radius 3 is 2.27 bits per heavy atom. The van der Waals surface area contributed by atoms with E-state index in [1.54, 1.807) is 20.0 Å². The van der Waals surface area contributed by atoms with Crippen LogP contribution in [0.3, 0.4) is 0 Å². The number of nitrogens with zero attached hydrogens (tertiary/aromatic N) is 1. The van der Waals surface area contributed by atoms with Crippen molar-refractivity contribution in [2.24, 2.45) is 5.73 Å². The van der Waals surface area contributed by atoms with E-state index in [0.717, 1.165) is 6.42 Å². The Hall–Kier alpha value is -0.550. The van der Waals surface area contributed by atoms with Gasteiger partial charge in [-0.05, 0) is 27.2 Å². The Balaban J connectivity index is 4.91. The standard InChI is InChI=1S/C10H22N2O2S/c1-6-9(11)8-15(13,14)12(5)10(3,4)7-2/h6H,7-8,11H2,1-5H3/b9-6-. The molecule has 0 aliphatic carbocycles. The maximum absolute atomic E-state index is 11.9. The van der Waals surface area contributed by atoms with Crippen LogP contribution in [0.2, 0.25) is 0 Å². The van der Waals surface area contributed by atoms with Gasteiger partial charge >= 0.3 is 0 Å². The minimum atomic E-state index is -3.30. The Kier molecular flexibility index (Phi) is 4.80. The normalized spacial score (nSPS) is 14.7. The van der Waals surface area contributed by atoms with Gasteiger partial charge in [-0.1, -0.05) is 13.0 Å². The molecule has 2 N–H and O–H groups in total. The van der Waals surface area contributed by atoms with Gasteiger partial charge in [-0.25, -0.2) is 8.42 Å². The van der Waals surface area contributed by atoms with E-state index in [0.29, 0.717) is 5.70 Å². The van der Waals surface area contributed by atoms with Crippen molar-refractivity contribution in [2.75, 3.05) is 12.8 Å². The van der Waals surface area contributed by atoms with Crippen LogP contribution in [-0.4, -0.2) is 31.1 Å². The van der Waals surface area contributed by atoms with Gasteiger partial charge in [0.25, 0.3) is 0 Å². The molecule has 4 nitrogen and oxygen atoms in total. The lowest BCUT2D eigenvalue weighted by molar-refractivity contribution is 0.257. The maximum atomic E-state index is 11.9. The molecule has 0 aromatic carbocycles. The molecule has 5 heteroatoms. The molecule has 0 spiro atoms. The number of hydrogen-bond acceptors (Lipinski definition) is 3. The summed E-state index contributed by atoms with van der Waals surface area (Å²) in [5, 5.41) is 0. The average Bonchev–Trinajstić information content (AvgIpc) is 2.15. The van der Waals surface area contributed by atoms with Crippen LogP contribution in [0.5, 0.6) is 0 Å². The molecule has 0 heterocycles. The predicted molar refractivity (Wildman–Crippen MR) is 63.9 cm³/mol. The summed E-state index contributed by atoms with van der Waals surface area (Å²) in [5.41, 5.74) is 5.55. The molecule has 0 aliphatic heterocycles. The molecule has 0 aromatic heterocycles. The first-order chi connectivity index (χ1) is 6.67. The Bertz CT molecular complexity index is 331. The lowest BCUT2D eigenvalue weighted by atomic mass is 10.0. The quantitative estimate of drug-likeness (QED) is 0.780. The van der Waals surface area contributed by atoms with Crippen molar-refractivity contribution in [2.45, 2.75) is 39.7 Å². The highest BCUT2D eigenvalue weighted by Crippen LogP contribution is 2.20. The van der Waals surface area contributed by atoms with Gasteiger partial charge in [0, 0.05) is 18.3 Å². The van der Waals surface area contributed by atoms with E-state index in [-0.39, 0.29) is 11.3 Å². The largest absolute Gasteiger partial charge is 0.401 e. The molecular formula is C10H22N2O2S. The second-order valence-electron chi connectivity index (χ2n) is 4.25. The van der Waals surface area contributed by atoms with Crippen LogP contribution in [0.4, 0.5) is 0 Å². The number of rotatable bonds is 5. The minimum absolute atomic E-state index is 0.108. The van der Waals surface area contributed by atoms with Crippen molar-refractivity contribution in [3.05, 3.63) is 11.8 Å². The molecule has 0 radical (unpaired) electrons. The summed E-state index contributed by atoms with van der Waals surface area (Å²) >= 11 is 0. The second kappa shape index (κ2) is 4.99. The first-order valence-electron chi connectivity index (χ1n) is 5.04. The first kappa shape index (κ1) is 14.5. The lowest BCUT2D eigenvalue weighted by Crippen LogP contribution is -2.45. The maximum Gasteiger partial charge on any atom is 0.219 e. The van der Waals surface area contributed by atoms with Crippen molar-refractivity contribution in [1.82, 2.24) is 4.31 Å². The molecule has 15 heavy (non-hydrogen) atoms. The van der Waals surface area contributed by atoms with Gasteiger partial charge in [0.2, 0.25) is 10.0 Å². The van der Waals surface area contributed by atoms with E-state index in [1.807, 2.05) is 20.8 Å². The fourth-order valence-corrected chi connectivity index (χ4v) is 2.65. The summed E-state index contributed by atoms with van der Waals surface area (Å²) in [5.74, 6) is -0.108. The molecule has 0 bridgehead atoms. The zero-order chi connectivity index (χ0) is 12.3. The van der Waals surface area contributed by atoms with Crippen molar-refractivity contribution in [1.29, 1.82) is 0 Å². The fraction of sp³-hybridized carbons (Fsp3) is 0.800. The third-order valence-corrected chi connectivity index (χ3v) is 4.88. The van der Waals surface area contributed by atoms with Crippen LogP contribution in [0.15, 0.2) is 11.8 Å². The zero-order valence-corrected chi connectivity index (χ0v) is 11.1. The molecule has 0 aromatic rings. The van der Waals surface area contributed by atoms with Crippen LogP contribution in [-0.2, 0) is 10.0 Å². The highest BCUT2D eigenvalue weighted by molar-refractivity contribution is 7.89. The van der Waals surface area contributed by atoms with Crippen LogP contribution in [0.1, 0.15) is 34.1 Å². The van der Waals surface area contributed by atoms with Crippen LogP contribution in [0.25, 0.3) is 0 Å². The third-order valence-electron chi connectivity index (χ3n) is 2.85. The number of sulfonamides is 1. The van der Waals surface area contributed by atoms with Crippen molar-refractivity contribution < 1.29 is 8.42 Å². The molecule has 0 aliphatic rings. The summed E-state index contributed by atoms with van der Waals surface area (Å²) < 4.78 is 25.2. The topological polar surface area (TPSA) is 63.4 Å². The van der Waals surface area contributed by atoms with Crippen molar-refractivity contribution in [3.63, 3.8) is 0 Å². The van der Waals surface area contributed by atoms with Gasteiger partial charge in [0.05, 0.1) is 0 Å². The van der Waals surface area contributed by atoms with Crippen LogP contribution >= 0.6 is 0 Å². The molecule has 0 saturated heterocycles. The summed E-state index contributed by atoms with van der Waals surface area (Å²) in [6.07, 6.45) is 2.38. The van der Waals surface area contributed by atoms with E-state index in [1.165, 1.54) is 4.31 Å². The number of hydrogen-bond donors (Lipinski definition) is 1. The van der Waals surface area contributed by atoms with Crippen molar-refractivity contribution >= 4 is 10.0 Å². The Labute approximate surface area is 93.2 Å². The van der Waals surface area contributed by atoms with Gasteiger partial charge in [-0.3, -0.25) is 0 Å². The second-order valence-corrected chi connectivity index (χ2v) is 6.25. The van der Waals surface area contributed by atoms with E-state index in [9.17, 15) is 8.42 Å². The molecule has 0 fully saturated rings. The van der Waals surface area contributed by atoms with Crippen molar-refractivity contribution in [3.8, 4) is 0 Å². The Morgan fingerprint density at radius 1 is 1.47 bits per heavy atom. The SMILES string of the molecule is C/C=C(\N)CS(=O)(=O)N(C)C(C)(C)CC. The zero-order valence-electron chi connectivity index (χ0n) is 10.2. The van der Waals surface area contributed by atoms with E-state index in [2.05, 4.69) is 0 Å². The average molecular weight is 234 g/mol. The van der Waals surface area contributed by atoms with E-state index < -0.39 is 10.0 Å². The summed E-state index contributed by atoms with van der Waals surface area (Å²) in [7, 11) is -1.70. The molecule has 0 saturated carbocycles. The predicted octanol–water partition coefficient (Wildman–Crippen LogP) is 1.30. The fourth-order valence-electron chi connectivity index (χ4n) is 0.990. The monoisotopic (exact) mass is 234 g/mol. The van der Waals surface area contributed by atoms with Gasteiger partial charge in [0.15, 0.2) is 0 Å². The van der Waals surface area contributed by atoms with E-state index >= 15 is 0 Å². The van der Waals surface area contributed by atoms with Gasteiger partial charge in [-0.15, -0.1) is 0 Å².